The molecule has 1 nitrogen and oxygen atoms in total. The summed E-state index contributed by atoms with van der Waals surface area (Å²) in [6.07, 6.45) is 4.51. The van der Waals surface area contributed by atoms with Gasteiger partial charge >= 0.3 is 0 Å². The molecule has 0 bridgehead atoms. The molecule has 0 saturated heterocycles. The van der Waals surface area contributed by atoms with Gasteiger partial charge in [-0.2, -0.15) is 11.8 Å². The summed E-state index contributed by atoms with van der Waals surface area (Å²) in [6, 6.07) is 4.52. The highest BCUT2D eigenvalue weighted by Crippen LogP contribution is 2.16. The molecule has 0 unspecified atom stereocenters. The van der Waals surface area contributed by atoms with E-state index in [9.17, 15) is 4.39 Å². The van der Waals surface area contributed by atoms with E-state index in [1.807, 2.05) is 11.8 Å². The van der Waals surface area contributed by atoms with E-state index in [1.165, 1.54) is 30.7 Å². The summed E-state index contributed by atoms with van der Waals surface area (Å²) in [7, 11) is 0. The van der Waals surface area contributed by atoms with Crippen LogP contribution in [0.5, 0.6) is 0 Å². The smallest absolute Gasteiger partial charge is 0.124 e. The topological polar surface area (TPSA) is 12.0 Å². The molecule has 0 saturated carbocycles. The van der Waals surface area contributed by atoms with Gasteiger partial charge in [0.2, 0.25) is 0 Å². The van der Waals surface area contributed by atoms with Gasteiger partial charge in [-0.25, -0.2) is 4.39 Å². The summed E-state index contributed by atoms with van der Waals surface area (Å²) in [5, 5.41) is 3.80. The van der Waals surface area contributed by atoms with Gasteiger partial charge in [0.25, 0.3) is 0 Å². The molecular formula is C12H17ClFNS. The lowest BCUT2D eigenvalue weighted by Gasteiger charge is -2.06. The van der Waals surface area contributed by atoms with Crippen molar-refractivity contribution in [1.29, 1.82) is 0 Å². The minimum Gasteiger partial charge on any atom is -0.313 e. The van der Waals surface area contributed by atoms with Crippen LogP contribution in [0.2, 0.25) is 5.02 Å². The number of hydrogen-bond acceptors (Lipinski definition) is 2. The lowest BCUT2D eigenvalue weighted by Crippen LogP contribution is -2.15. The molecule has 1 N–H and O–H groups in total. The molecule has 0 atom stereocenters. The average molecular weight is 262 g/mol. The molecule has 4 heteroatoms. The monoisotopic (exact) mass is 261 g/mol. The van der Waals surface area contributed by atoms with Crippen LogP contribution in [0.1, 0.15) is 18.4 Å². The molecule has 1 aromatic carbocycles. The molecule has 0 heterocycles. The van der Waals surface area contributed by atoms with Crippen LogP contribution in [0, 0.1) is 5.82 Å². The fraction of sp³-hybridized carbons (Fsp3) is 0.500. The standard InChI is InChI=1S/C12H17ClFNS/c1-16-7-3-2-6-15-9-10-4-5-11(14)8-12(10)13/h4-5,8,15H,2-3,6-7,9H2,1H3. The average Bonchev–Trinajstić information content (AvgIpc) is 2.26. The van der Waals surface area contributed by atoms with E-state index in [1.54, 1.807) is 6.07 Å². The van der Waals surface area contributed by atoms with E-state index in [-0.39, 0.29) is 5.82 Å². The number of rotatable bonds is 7. The van der Waals surface area contributed by atoms with Crippen molar-refractivity contribution in [2.45, 2.75) is 19.4 Å². The van der Waals surface area contributed by atoms with Crippen LogP contribution >= 0.6 is 23.4 Å². The number of unbranched alkanes of at least 4 members (excludes halogenated alkanes) is 1. The van der Waals surface area contributed by atoms with Crippen molar-refractivity contribution in [2.75, 3.05) is 18.6 Å². The van der Waals surface area contributed by atoms with Crippen LogP contribution in [0.3, 0.4) is 0 Å². The third-order valence-electron chi connectivity index (χ3n) is 2.28. The highest BCUT2D eigenvalue weighted by molar-refractivity contribution is 7.98. The predicted octanol–water partition coefficient (Wildman–Crippen LogP) is 3.71. The number of thioether (sulfide) groups is 1. The fourth-order valence-corrected chi connectivity index (χ4v) is 2.11. The van der Waals surface area contributed by atoms with Crippen molar-refractivity contribution in [3.05, 3.63) is 34.6 Å². The second-order valence-corrected chi connectivity index (χ2v) is 5.01. The molecule has 90 valence electrons. The lowest BCUT2D eigenvalue weighted by atomic mass is 10.2. The minimum absolute atomic E-state index is 0.284. The lowest BCUT2D eigenvalue weighted by molar-refractivity contribution is 0.622. The third-order valence-corrected chi connectivity index (χ3v) is 3.33. The van der Waals surface area contributed by atoms with Gasteiger partial charge in [-0.3, -0.25) is 0 Å². The maximum atomic E-state index is 12.8. The quantitative estimate of drug-likeness (QED) is 0.751. The SMILES string of the molecule is CSCCCCNCc1ccc(F)cc1Cl. The Balaban J connectivity index is 2.21. The van der Waals surface area contributed by atoms with Gasteiger partial charge in [0.05, 0.1) is 0 Å². The van der Waals surface area contributed by atoms with Crippen LogP contribution in [0.25, 0.3) is 0 Å². The van der Waals surface area contributed by atoms with Gasteiger partial charge in [0, 0.05) is 11.6 Å². The third kappa shape index (κ3) is 5.19. The molecule has 0 radical (unpaired) electrons. The van der Waals surface area contributed by atoms with Crippen LogP contribution in [0.4, 0.5) is 4.39 Å². The van der Waals surface area contributed by atoms with Crippen LogP contribution in [-0.2, 0) is 6.54 Å². The Hall–Kier alpha value is -0.250. The van der Waals surface area contributed by atoms with Crippen LogP contribution < -0.4 is 5.32 Å². The Morgan fingerprint density at radius 2 is 2.19 bits per heavy atom. The first kappa shape index (κ1) is 13.8. The van der Waals surface area contributed by atoms with Gasteiger partial charge < -0.3 is 5.32 Å². The fourth-order valence-electron chi connectivity index (χ4n) is 1.38. The summed E-state index contributed by atoms with van der Waals surface area (Å²) < 4.78 is 12.8. The van der Waals surface area contributed by atoms with Gasteiger partial charge in [0.1, 0.15) is 5.82 Å². The van der Waals surface area contributed by atoms with E-state index < -0.39 is 0 Å². The Morgan fingerprint density at radius 3 is 2.88 bits per heavy atom. The van der Waals surface area contributed by atoms with Crippen molar-refractivity contribution in [3.8, 4) is 0 Å². The van der Waals surface area contributed by atoms with Crippen LogP contribution in [0.15, 0.2) is 18.2 Å². The first-order valence-electron chi connectivity index (χ1n) is 5.37. The normalized spacial score (nSPS) is 10.7. The van der Waals surface area contributed by atoms with Crippen molar-refractivity contribution in [2.24, 2.45) is 0 Å². The Morgan fingerprint density at radius 1 is 1.38 bits per heavy atom. The Bertz CT molecular complexity index is 320. The molecule has 0 aliphatic rings. The molecule has 0 aromatic heterocycles. The van der Waals surface area contributed by atoms with Gasteiger partial charge in [-0.1, -0.05) is 17.7 Å². The predicted molar refractivity (Wildman–Crippen MR) is 70.7 cm³/mol. The molecule has 1 aromatic rings. The van der Waals surface area contributed by atoms with E-state index >= 15 is 0 Å². The zero-order chi connectivity index (χ0) is 11.8. The first-order chi connectivity index (χ1) is 7.74. The largest absolute Gasteiger partial charge is 0.313 e. The maximum absolute atomic E-state index is 12.8. The molecule has 0 fully saturated rings. The molecule has 16 heavy (non-hydrogen) atoms. The van der Waals surface area contributed by atoms with Crippen molar-refractivity contribution < 1.29 is 4.39 Å². The molecule has 0 spiro atoms. The summed E-state index contributed by atoms with van der Waals surface area (Å²) in [5.74, 6) is 0.924. The van der Waals surface area contributed by atoms with E-state index in [4.69, 9.17) is 11.6 Å². The van der Waals surface area contributed by atoms with E-state index in [2.05, 4.69) is 11.6 Å². The van der Waals surface area contributed by atoms with Crippen molar-refractivity contribution in [3.63, 3.8) is 0 Å². The summed E-state index contributed by atoms with van der Waals surface area (Å²) in [6.45, 7) is 1.69. The van der Waals surface area contributed by atoms with E-state index in [0.29, 0.717) is 11.6 Å². The highest BCUT2D eigenvalue weighted by atomic mass is 35.5. The Kier molecular flexibility index (Phi) is 6.85. The first-order valence-corrected chi connectivity index (χ1v) is 7.15. The number of benzene rings is 1. The van der Waals surface area contributed by atoms with Crippen molar-refractivity contribution >= 4 is 23.4 Å². The summed E-state index contributed by atoms with van der Waals surface area (Å²) in [5.41, 5.74) is 0.952. The van der Waals surface area contributed by atoms with Crippen LogP contribution in [-0.4, -0.2) is 18.6 Å². The molecule has 0 aliphatic heterocycles. The number of nitrogens with one attached hydrogen (secondary N) is 1. The second kappa shape index (κ2) is 7.93. The van der Waals surface area contributed by atoms with Gasteiger partial charge in [0.15, 0.2) is 0 Å². The minimum atomic E-state index is -0.284. The summed E-state index contributed by atoms with van der Waals surface area (Å²) in [4.78, 5) is 0. The van der Waals surface area contributed by atoms with Gasteiger partial charge in [-0.05, 0) is 49.1 Å². The number of halogens is 2. The van der Waals surface area contributed by atoms with Gasteiger partial charge in [-0.15, -0.1) is 0 Å². The Labute approximate surface area is 106 Å². The second-order valence-electron chi connectivity index (χ2n) is 3.61. The van der Waals surface area contributed by atoms with E-state index in [0.717, 1.165) is 12.1 Å². The molecule has 0 aliphatic carbocycles. The molecule has 0 amide bonds. The molecular weight excluding hydrogens is 245 g/mol. The summed E-state index contributed by atoms with van der Waals surface area (Å²) >= 11 is 7.78. The maximum Gasteiger partial charge on any atom is 0.124 e. The molecule has 1 rings (SSSR count). The van der Waals surface area contributed by atoms with Crippen molar-refractivity contribution in [1.82, 2.24) is 5.32 Å². The number of hydrogen-bond donors (Lipinski definition) is 1. The zero-order valence-electron chi connectivity index (χ0n) is 9.43. The highest BCUT2D eigenvalue weighted by Gasteiger charge is 2.00. The zero-order valence-corrected chi connectivity index (χ0v) is 11.0.